The lowest BCUT2D eigenvalue weighted by Gasteiger charge is -2.26. The van der Waals surface area contributed by atoms with Crippen LogP contribution in [0.4, 0.5) is 0 Å². The maximum absolute atomic E-state index is 14.3. The normalized spacial score (nSPS) is 14.4. The van der Waals surface area contributed by atoms with E-state index >= 15 is 0 Å². The Bertz CT molecular complexity index is 2070. The van der Waals surface area contributed by atoms with Crippen molar-refractivity contribution in [2.75, 3.05) is 13.2 Å². The summed E-state index contributed by atoms with van der Waals surface area (Å²) in [7, 11) is 0. The molecule has 0 bridgehead atoms. The number of rotatable bonds is 11. The number of para-hydroxylation sites is 1. The molecule has 250 valence electrons. The third-order valence-electron chi connectivity index (χ3n) is 7.27. The molecular formula is C36H34Cl2N2O7S. The Morgan fingerprint density at radius 2 is 1.69 bits per heavy atom. The first-order valence-corrected chi connectivity index (χ1v) is 16.9. The van der Waals surface area contributed by atoms with Gasteiger partial charge in [0.25, 0.3) is 5.56 Å². The van der Waals surface area contributed by atoms with Gasteiger partial charge in [0.05, 0.1) is 45.7 Å². The third kappa shape index (κ3) is 7.51. The Morgan fingerprint density at radius 1 is 1.00 bits per heavy atom. The topological polar surface area (TPSA) is 105 Å². The monoisotopic (exact) mass is 708 g/mol. The van der Waals surface area contributed by atoms with Crippen molar-refractivity contribution in [1.82, 2.24) is 4.57 Å². The van der Waals surface area contributed by atoms with Crippen LogP contribution < -0.4 is 24.4 Å². The van der Waals surface area contributed by atoms with Gasteiger partial charge in [-0.1, -0.05) is 64.9 Å². The van der Waals surface area contributed by atoms with Gasteiger partial charge in [0, 0.05) is 16.1 Å². The van der Waals surface area contributed by atoms with Crippen molar-refractivity contribution in [3.63, 3.8) is 0 Å². The van der Waals surface area contributed by atoms with Crippen LogP contribution in [0.5, 0.6) is 11.5 Å². The zero-order chi connectivity index (χ0) is 34.5. The van der Waals surface area contributed by atoms with Gasteiger partial charge in [-0.3, -0.25) is 9.36 Å². The minimum atomic E-state index is -0.853. The number of thiazole rings is 1. The summed E-state index contributed by atoms with van der Waals surface area (Å²) in [5.74, 6) is -0.115. The predicted octanol–water partition coefficient (Wildman–Crippen LogP) is 6.65. The van der Waals surface area contributed by atoms with Gasteiger partial charge in [0.15, 0.2) is 4.80 Å². The Labute approximate surface area is 291 Å². The molecule has 9 nitrogen and oxygen atoms in total. The fourth-order valence-electron chi connectivity index (χ4n) is 5.24. The van der Waals surface area contributed by atoms with Gasteiger partial charge in [0.1, 0.15) is 24.1 Å². The highest BCUT2D eigenvalue weighted by Crippen LogP contribution is 2.37. The van der Waals surface area contributed by atoms with E-state index in [0.717, 1.165) is 16.9 Å². The summed E-state index contributed by atoms with van der Waals surface area (Å²) in [6, 6.07) is 16.5. The van der Waals surface area contributed by atoms with E-state index < -0.39 is 18.0 Å². The number of hydrogen-bond donors (Lipinski definition) is 0. The molecule has 1 aliphatic heterocycles. The molecule has 0 spiro atoms. The highest BCUT2D eigenvalue weighted by atomic mass is 35.5. The molecule has 12 heteroatoms. The average molecular weight is 710 g/mol. The van der Waals surface area contributed by atoms with Crippen LogP contribution in [-0.2, 0) is 20.9 Å². The number of fused-ring (bicyclic) bond motifs is 1. The molecule has 1 aromatic heterocycles. The zero-order valence-electron chi connectivity index (χ0n) is 27.0. The predicted molar refractivity (Wildman–Crippen MR) is 186 cm³/mol. The molecule has 3 aromatic carbocycles. The van der Waals surface area contributed by atoms with Crippen molar-refractivity contribution in [2.24, 2.45) is 4.99 Å². The maximum atomic E-state index is 14.3. The van der Waals surface area contributed by atoms with Crippen LogP contribution in [0, 0.1) is 0 Å². The standard InChI is InChI=1S/C36H34Cl2N2O7S/c1-6-44-34(42)23-14-12-22(13-15-23)19-46-32-24(16-25(37)18-27(32)38)17-29-33(41)40-31(26-10-8-9-11-28(26)47-20(3)4)30(35(43)45-7-2)21(5)39-36(40)48-29/h8-18,20,31H,6-7,19H2,1-5H3/b29-17-/t31-/m0/s1. The van der Waals surface area contributed by atoms with Crippen molar-refractivity contribution < 1.29 is 28.5 Å². The highest BCUT2D eigenvalue weighted by molar-refractivity contribution is 7.07. The molecule has 0 fully saturated rings. The first kappa shape index (κ1) is 34.9. The summed E-state index contributed by atoms with van der Waals surface area (Å²) >= 11 is 14.2. The SMILES string of the molecule is CCOC(=O)C1=C(C)N=c2s/c(=C\c3cc(Cl)cc(Cl)c3OCc3ccc(C(=O)OCC)cc3)c(=O)n2[C@H]1c1ccccc1OC(C)C. The van der Waals surface area contributed by atoms with Crippen LogP contribution in [0.2, 0.25) is 10.0 Å². The Morgan fingerprint density at radius 3 is 2.38 bits per heavy atom. The first-order valence-electron chi connectivity index (χ1n) is 15.4. The van der Waals surface area contributed by atoms with Gasteiger partial charge >= 0.3 is 11.9 Å². The molecule has 0 radical (unpaired) electrons. The smallest absolute Gasteiger partial charge is 0.338 e. The van der Waals surface area contributed by atoms with Crippen LogP contribution in [0.15, 0.2) is 81.7 Å². The number of carbonyl (C=O) groups excluding carboxylic acids is 2. The van der Waals surface area contributed by atoms with Crippen molar-refractivity contribution in [2.45, 2.75) is 53.4 Å². The average Bonchev–Trinajstić information content (AvgIpc) is 3.34. The number of ether oxygens (including phenoxy) is 4. The summed E-state index contributed by atoms with van der Waals surface area (Å²) in [5.41, 5.74) is 2.62. The number of hydrogen-bond acceptors (Lipinski definition) is 9. The second-order valence-corrected chi connectivity index (χ2v) is 12.9. The molecule has 0 saturated heterocycles. The molecule has 0 aliphatic carbocycles. The Hall–Kier alpha value is -4.38. The van der Waals surface area contributed by atoms with Gasteiger partial charge in [-0.15, -0.1) is 0 Å². The Kier molecular flexibility index (Phi) is 11.1. The lowest BCUT2D eigenvalue weighted by molar-refractivity contribution is -0.139. The quantitative estimate of drug-likeness (QED) is 0.161. The van der Waals surface area contributed by atoms with Crippen molar-refractivity contribution in [3.8, 4) is 11.5 Å². The van der Waals surface area contributed by atoms with Gasteiger partial charge in [-0.2, -0.15) is 0 Å². The van der Waals surface area contributed by atoms with Crippen LogP contribution in [0.1, 0.15) is 67.7 Å². The molecule has 0 amide bonds. The number of aromatic nitrogens is 1. The van der Waals surface area contributed by atoms with Crippen LogP contribution in [0.3, 0.4) is 0 Å². The molecule has 1 atom stereocenters. The van der Waals surface area contributed by atoms with Crippen molar-refractivity contribution in [1.29, 1.82) is 0 Å². The number of esters is 2. The van der Waals surface area contributed by atoms with Gasteiger partial charge < -0.3 is 18.9 Å². The fourth-order valence-corrected chi connectivity index (χ4v) is 6.84. The summed E-state index contributed by atoms with van der Waals surface area (Å²) in [4.78, 5) is 44.8. The molecule has 4 aromatic rings. The Balaban J connectivity index is 1.60. The van der Waals surface area contributed by atoms with E-state index in [1.807, 2.05) is 38.1 Å². The second-order valence-electron chi connectivity index (χ2n) is 11.0. The molecule has 0 saturated carbocycles. The minimum absolute atomic E-state index is 0.126. The molecule has 5 rings (SSSR count). The van der Waals surface area contributed by atoms with E-state index in [9.17, 15) is 14.4 Å². The molecule has 0 N–H and O–H groups in total. The molecule has 0 unspecified atom stereocenters. The minimum Gasteiger partial charge on any atom is -0.491 e. The lowest BCUT2D eigenvalue weighted by Crippen LogP contribution is -2.40. The summed E-state index contributed by atoms with van der Waals surface area (Å²) in [6.45, 7) is 9.58. The lowest BCUT2D eigenvalue weighted by atomic mass is 9.95. The van der Waals surface area contributed by atoms with Crippen molar-refractivity contribution >= 4 is 52.6 Å². The van der Waals surface area contributed by atoms with Gasteiger partial charge in [-0.25, -0.2) is 14.6 Å². The zero-order valence-corrected chi connectivity index (χ0v) is 29.4. The van der Waals surface area contributed by atoms with E-state index in [2.05, 4.69) is 4.99 Å². The van der Waals surface area contributed by atoms with E-state index in [1.54, 1.807) is 63.2 Å². The third-order valence-corrected chi connectivity index (χ3v) is 8.75. The van der Waals surface area contributed by atoms with Crippen LogP contribution in [-0.4, -0.2) is 35.8 Å². The molecule has 48 heavy (non-hydrogen) atoms. The summed E-state index contributed by atoms with van der Waals surface area (Å²) in [6.07, 6.45) is 1.50. The fraction of sp³-hybridized carbons (Fsp3) is 0.278. The van der Waals surface area contributed by atoms with E-state index in [1.165, 1.54) is 4.57 Å². The van der Waals surface area contributed by atoms with E-state index in [4.69, 9.17) is 42.1 Å². The number of nitrogens with zero attached hydrogens (tertiary/aromatic N) is 2. The van der Waals surface area contributed by atoms with Gasteiger partial charge in [0.2, 0.25) is 0 Å². The van der Waals surface area contributed by atoms with Crippen LogP contribution in [0.25, 0.3) is 6.08 Å². The largest absolute Gasteiger partial charge is 0.491 e. The summed E-state index contributed by atoms with van der Waals surface area (Å²) in [5, 5.41) is 0.603. The maximum Gasteiger partial charge on any atom is 0.338 e. The second kappa shape index (κ2) is 15.2. The molecule has 2 heterocycles. The van der Waals surface area contributed by atoms with Crippen molar-refractivity contribution in [3.05, 3.63) is 124 Å². The van der Waals surface area contributed by atoms with E-state index in [-0.39, 0.29) is 42.1 Å². The molecule has 1 aliphatic rings. The number of halogens is 2. The number of carbonyl (C=O) groups is 2. The number of benzene rings is 3. The van der Waals surface area contributed by atoms with Gasteiger partial charge in [-0.05, 0) is 76.6 Å². The van der Waals surface area contributed by atoms with Crippen LogP contribution >= 0.6 is 34.5 Å². The highest BCUT2D eigenvalue weighted by Gasteiger charge is 2.35. The van der Waals surface area contributed by atoms with E-state index in [0.29, 0.717) is 48.2 Å². The number of allylic oxidation sites excluding steroid dienone is 1. The summed E-state index contributed by atoms with van der Waals surface area (Å²) < 4.78 is 24.6. The molecular weight excluding hydrogens is 675 g/mol. The first-order chi connectivity index (χ1) is 23.0.